The molecule has 158 valence electrons. The number of nitrogens with zero attached hydrogens (tertiary/aromatic N) is 1. The summed E-state index contributed by atoms with van der Waals surface area (Å²) in [7, 11) is 0. The number of carbonyl (C=O) groups excluding carboxylic acids is 2. The molecule has 7 heteroatoms. The van der Waals surface area contributed by atoms with Crippen LogP contribution in [0, 0.1) is 5.92 Å². The molecule has 3 rings (SSSR count). The fourth-order valence-electron chi connectivity index (χ4n) is 3.60. The quantitative estimate of drug-likeness (QED) is 0.650. The smallest absolute Gasteiger partial charge is 0.417 e. The maximum Gasteiger partial charge on any atom is 0.417 e. The van der Waals surface area contributed by atoms with Crippen molar-refractivity contribution in [2.45, 2.75) is 49.8 Å². The number of benzene rings is 1. The molecule has 2 aliphatic heterocycles. The van der Waals surface area contributed by atoms with Gasteiger partial charge in [0.1, 0.15) is 6.61 Å². The summed E-state index contributed by atoms with van der Waals surface area (Å²) < 4.78 is 5.57. The number of aliphatic hydroxyl groups excluding tert-OH is 1. The van der Waals surface area contributed by atoms with Crippen molar-refractivity contribution in [3.05, 3.63) is 47.5 Å². The predicted octanol–water partition coefficient (Wildman–Crippen LogP) is 4.11. The number of ether oxygens (including phenoxy) is 1. The fraction of sp³-hybridized carbons (Fsp3) is 0.545. The van der Waals surface area contributed by atoms with Crippen molar-refractivity contribution < 1.29 is 19.4 Å². The lowest BCUT2D eigenvalue weighted by Gasteiger charge is -2.26. The largest absolute Gasteiger partial charge is 0.447 e. The fourth-order valence-corrected chi connectivity index (χ4v) is 6.56. The molecular formula is C22H29NO4S2. The number of rotatable bonds is 7. The lowest BCUT2D eigenvalue weighted by Crippen LogP contribution is -2.40. The second-order valence-electron chi connectivity index (χ2n) is 7.63. The molecule has 0 aromatic heterocycles. The van der Waals surface area contributed by atoms with E-state index in [-0.39, 0.29) is 24.5 Å². The number of carbonyl (C=O) groups is 2. The second kappa shape index (κ2) is 10.5. The summed E-state index contributed by atoms with van der Waals surface area (Å²) in [5, 5.41) is 10.6. The molecule has 0 aliphatic carbocycles. The number of aliphatic hydroxyl groups is 1. The molecule has 5 nitrogen and oxygen atoms in total. The van der Waals surface area contributed by atoms with Crippen molar-refractivity contribution >= 4 is 35.5 Å². The Morgan fingerprint density at radius 2 is 2.00 bits per heavy atom. The highest BCUT2D eigenvalue weighted by atomic mass is 32.2. The molecular weight excluding hydrogens is 406 g/mol. The minimum absolute atomic E-state index is 0.159. The predicted molar refractivity (Wildman–Crippen MR) is 119 cm³/mol. The van der Waals surface area contributed by atoms with Crippen LogP contribution in [0.25, 0.3) is 0 Å². The Labute approximate surface area is 181 Å². The molecule has 29 heavy (non-hydrogen) atoms. The zero-order valence-electron chi connectivity index (χ0n) is 17.0. The zero-order valence-corrected chi connectivity index (χ0v) is 18.6. The third-order valence-corrected chi connectivity index (χ3v) is 8.27. The third kappa shape index (κ3) is 6.03. The number of amides is 2. The molecule has 2 heterocycles. The summed E-state index contributed by atoms with van der Waals surface area (Å²) in [5.74, 6) is 1.79. The lowest BCUT2D eigenvalue weighted by molar-refractivity contribution is -0.125. The summed E-state index contributed by atoms with van der Waals surface area (Å²) in [5.41, 5.74) is 1.53. The van der Waals surface area contributed by atoms with Crippen LogP contribution in [-0.2, 0) is 16.0 Å². The maximum atomic E-state index is 13.0. The minimum atomic E-state index is -0.591. The van der Waals surface area contributed by atoms with E-state index in [0.29, 0.717) is 23.0 Å². The molecule has 3 atom stereocenters. The monoisotopic (exact) mass is 435 g/mol. The van der Waals surface area contributed by atoms with Crippen LogP contribution in [0.1, 0.15) is 32.3 Å². The van der Waals surface area contributed by atoms with Crippen LogP contribution in [0.3, 0.4) is 0 Å². The Bertz CT molecular complexity index is 734. The van der Waals surface area contributed by atoms with Gasteiger partial charge in [-0.15, -0.1) is 23.5 Å². The lowest BCUT2D eigenvalue weighted by atomic mass is 9.99. The normalized spacial score (nSPS) is 23.0. The Balaban J connectivity index is 1.62. The van der Waals surface area contributed by atoms with Gasteiger partial charge in [0.05, 0.1) is 16.7 Å². The Hall–Kier alpha value is -1.44. The number of imide groups is 1. The van der Waals surface area contributed by atoms with Gasteiger partial charge >= 0.3 is 6.09 Å². The first kappa shape index (κ1) is 22.2. The van der Waals surface area contributed by atoms with E-state index in [1.54, 1.807) is 13.0 Å². The molecule has 2 fully saturated rings. The van der Waals surface area contributed by atoms with Crippen LogP contribution >= 0.6 is 23.5 Å². The molecule has 1 aromatic carbocycles. The average Bonchev–Trinajstić information content (AvgIpc) is 3.08. The standard InChI is InChI=1S/C22H29NO4S2/c1-15(19(24)13-20-28-9-6-10-29-20)11-16(2)21(25)23-18(14-27-22(23)26)12-17-7-4-3-5-8-17/h3-5,7-8,11,15,18-20,24H,6,9-10,12-14H2,1-2H3/b16-11+/t15-,18-,19-/m0/s1. The van der Waals surface area contributed by atoms with Crippen molar-refractivity contribution in [3.8, 4) is 0 Å². The Morgan fingerprint density at radius 3 is 2.69 bits per heavy atom. The average molecular weight is 436 g/mol. The first-order valence-electron chi connectivity index (χ1n) is 10.1. The van der Waals surface area contributed by atoms with Crippen LogP contribution < -0.4 is 0 Å². The minimum Gasteiger partial charge on any atom is -0.447 e. The van der Waals surface area contributed by atoms with Crippen molar-refractivity contribution in [1.29, 1.82) is 0 Å². The SMILES string of the molecule is C/C(=C\[C@H](C)[C@@H](O)CC1SCCCS1)C(=O)N1C(=O)OC[C@@H]1Cc1ccccc1. The van der Waals surface area contributed by atoms with E-state index in [9.17, 15) is 14.7 Å². The van der Waals surface area contributed by atoms with Gasteiger partial charge in [0.15, 0.2) is 0 Å². The summed E-state index contributed by atoms with van der Waals surface area (Å²) in [6.07, 6.45) is 3.19. The molecule has 0 spiro atoms. The highest BCUT2D eigenvalue weighted by molar-refractivity contribution is 8.17. The molecule has 1 aromatic rings. The summed E-state index contributed by atoms with van der Waals surface area (Å²) >= 11 is 3.80. The van der Waals surface area contributed by atoms with Crippen molar-refractivity contribution in [3.63, 3.8) is 0 Å². The van der Waals surface area contributed by atoms with E-state index in [4.69, 9.17) is 4.74 Å². The van der Waals surface area contributed by atoms with E-state index >= 15 is 0 Å². The molecule has 0 radical (unpaired) electrons. The van der Waals surface area contributed by atoms with Gasteiger partial charge in [0.25, 0.3) is 5.91 Å². The molecule has 2 aliphatic rings. The second-order valence-corrected chi connectivity index (χ2v) is 10.6. The molecule has 2 amide bonds. The Kier molecular flexibility index (Phi) is 8.09. The van der Waals surface area contributed by atoms with E-state index in [2.05, 4.69) is 0 Å². The van der Waals surface area contributed by atoms with Crippen LogP contribution in [0.2, 0.25) is 0 Å². The van der Waals surface area contributed by atoms with Gasteiger partial charge in [0, 0.05) is 11.5 Å². The number of hydrogen-bond donors (Lipinski definition) is 1. The summed E-state index contributed by atoms with van der Waals surface area (Å²) in [4.78, 5) is 26.4. The van der Waals surface area contributed by atoms with E-state index in [1.165, 1.54) is 11.3 Å². The maximum absolute atomic E-state index is 13.0. The van der Waals surface area contributed by atoms with Crippen molar-refractivity contribution in [2.75, 3.05) is 18.1 Å². The van der Waals surface area contributed by atoms with Crippen LogP contribution in [0.5, 0.6) is 0 Å². The van der Waals surface area contributed by atoms with Crippen LogP contribution in [0.15, 0.2) is 42.0 Å². The van der Waals surface area contributed by atoms with E-state index < -0.39 is 12.2 Å². The molecule has 0 unspecified atom stereocenters. The first-order valence-corrected chi connectivity index (χ1v) is 12.2. The van der Waals surface area contributed by atoms with Crippen LogP contribution in [-0.4, -0.2) is 56.8 Å². The summed E-state index contributed by atoms with van der Waals surface area (Å²) in [6, 6.07) is 9.47. The van der Waals surface area contributed by atoms with Crippen molar-refractivity contribution in [2.24, 2.45) is 5.92 Å². The first-order chi connectivity index (χ1) is 14.0. The van der Waals surface area contributed by atoms with Gasteiger partial charge in [-0.05, 0) is 43.3 Å². The van der Waals surface area contributed by atoms with Gasteiger partial charge in [-0.2, -0.15) is 0 Å². The third-order valence-electron chi connectivity index (χ3n) is 5.28. The molecule has 2 saturated heterocycles. The molecule has 0 saturated carbocycles. The van der Waals surface area contributed by atoms with Gasteiger partial charge < -0.3 is 9.84 Å². The number of hydrogen-bond acceptors (Lipinski definition) is 6. The number of thioether (sulfide) groups is 2. The van der Waals surface area contributed by atoms with Crippen molar-refractivity contribution in [1.82, 2.24) is 4.90 Å². The summed E-state index contributed by atoms with van der Waals surface area (Å²) in [6.45, 7) is 3.84. The van der Waals surface area contributed by atoms with Gasteiger partial charge in [-0.25, -0.2) is 9.69 Å². The number of cyclic esters (lactones) is 1. The van der Waals surface area contributed by atoms with Gasteiger partial charge in [0.2, 0.25) is 0 Å². The van der Waals surface area contributed by atoms with E-state index in [1.807, 2.05) is 60.8 Å². The topological polar surface area (TPSA) is 66.8 Å². The van der Waals surface area contributed by atoms with Gasteiger partial charge in [-0.3, -0.25) is 4.79 Å². The zero-order chi connectivity index (χ0) is 20.8. The van der Waals surface area contributed by atoms with E-state index in [0.717, 1.165) is 17.1 Å². The molecule has 0 bridgehead atoms. The van der Waals surface area contributed by atoms with Crippen LogP contribution in [0.4, 0.5) is 4.79 Å². The van der Waals surface area contributed by atoms with Gasteiger partial charge in [-0.1, -0.05) is 43.3 Å². The highest BCUT2D eigenvalue weighted by Gasteiger charge is 2.38. The molecule has 1 N–H and O–H groups in total. The highest BCUT2D eigenvalue weighted by Crippen LogP contribution is 2.35. The Morgan fingerprint density at radius 1 is 1.31 bits per heavy atom.